The number of benzene rings is 2. The predicted octanol–water partition coefficient (Wildman–Crippen LogP) is 4.41. The molecule has 1 aromatic heterocycles. The first kappa shape index (κ1) is 24.6. The minimum Gasteiger partial charge on any atom is -0.497 e. The van der Waals surface area contributed by atoms with Gasteiger partial charge in [-0.3, -0.25) is 5.32 Å². The summed E-state index contributed by atoms with van der Waals surface area (Å²) in [6.07, 6.45) is 1.67. The summed E-state index contributed by atoms with van der Waals surface area (Å²) >= 11 is 0. The molecule has 4 amide bonds. The van der Waals surface area contributed by atoms with E-state index in [4.69, 9.17) is 9.47 Å². The van der Waals surface area contributed by atoms with Crippen LogP contribution in [0.4, 0.5) is 32.5 Å². The zero-order valence-electron chi connectivity index (χ0n) is 20.6. The largest absolute Gasteiger partial charge is 0.497 e. The van der Waals surface area contributed by atoms with Gasteiger partial charge in [0.05, 0.1) is 14.2 Å². The molecule has 3 aromatic rings. The Morgan fingerprint density at radius 1 is 0.833 bits per heavy atom. The van der Waals surface area contributed by atoms with Crippen molar-refractivity contribution >= 4 is 34.9 Å². The van der Waals surface area contributed by atoms with Crippen LogP contribution < -0.4 is 30.3 Å². The van der Waals surface area contributed by atoms with Crippen molar-refractivity contribution < 1.29 is 19.1 Å². The van der Waals surface area contributed by atoms with Crippen molar-refractivity contribution in [3.63, 3.8) is 0 Å². The molecule has 2 aromatic carbocycles. The molecule has 0 saturated carbocycles. The summed E-state index contributed by atoms with van der Waals surface area (Å²) in [5, 5.41) is 8.50. The van der Waals surface area contributed by atoms with Crippen molar-refractivity contribution in [3.8, 4) is 11.5 Å². The van der Waals surface area contributed by atoms with Gasteiger partial charge in [0.1, 0.15) is 17.3 Å². The minimum absolute atomic E-state index is 0.143. The molecule has 188 valence electrons. The van der Waals surface area contributed by atoms with E-state index in [-0.39, 0.29) is 12.1 Å². The first-order valence-corrected chi connectivity index (χ1v) is 11.6. The number of anilines is 4. The Bertz CT molecular complexity index is 1190. The van der Waals surface area contributed by atoms with Crippen LogP contribution in [0.5, 0.6) is 11.5 Å². The van der Waals surface area contributed by atoms with E-state index in [0.717, 1.165) is 11.3 Å². The molecule has 10 heteroatoms. The highest BCUT2D eigenvalue weighted by Crippen LogP contribution is 2.26. The molecule has 10 nitrogen and oxygen atoms in total. The van der Waals surface area contributed by atoms with Gasteiger partial charge in [0.25, 0.3) is 0 Å². The number of urea groups is 2. The highest BCUT2D eigenvalue weighted by molar-refractivity contribution is 6.00. The molecule has 1 aliphatic heterocycles. The lowest BCUT2D eigenvalue weighted by Gasteiger charge is -2.36. The van der Waals surface area contributed by atoms with Gasteiger partial charge in [-0.05, 0) is 42.8 Å². The summed E-state index contributed by atoms with van der Waals surface area (Å²) in [7, 11) is 3.11. The summed E-state index contributed by atoms with van der Waals surface area (Å²) < 4.78 is 10.5. The van der Waals surface area contributed by atoms with Gasteiger partial charge in [-0.1, -0.05) is 6.07 Å². The molecule has 2 heterocycles. The lowest BCUT2D eigenvalue weighted by molar-refractivity contribution is 0.208. The van der Waals surface area contributed by atoms with Gasteiger partial charge >= 0.3 is 12.1 Å². The number of piperazine rings is 1. The summed E-state index contributed by atoms with van der Waals surface area (Å²) in [6, 6.07) is 16.0. The van der Waals surface area contributed by atoms with Gasteiger partial charge in [0.2, 0.25) is 0 Å². The van der Waals surface area contributed by atoms with E-state index in [2.05, 4.69) is 25.8 Å². The third-order valence-corrected chi connectivity index (χ3v) is 5.90. The van der Waals surface area contributed by atoms with Crippen LogP contribution >= 0.6 is 0 Å². The zero-order valence-corrected chi connectivity index (χ0v) is 20.6. The van der Waals surface area contributed by atoms with Crippen LogP contribution in [0.1, 0.15) is 5.56 Å². The Kier molecular flexibility index (Phi) is 7.74. The van der Waals surface area contributed by atoms with Gasteiger partial charge in [0, 0.05) is 67.6 Å². The van der Waals surface area contributed by atoms with Gasteiger partial charge in [-0.2, -0.15) is 0 Å². The van der Waals surface area contributed by atoms with Crippen molar-refractivity contribution in [1.29, 1.82) is 0 Å². The number of carbonyl (C=O) groups is 2. The van der Waals surface area contributed by atoms with Crippen molar-refractivity contribution in [2.45, 2.75) is 6.92 Å². The predicted molar refractivity (Wildman–Crippen MR) is 140 cm³/mol. The second kappa shape index (κ2) is 11.3. The summed E-state index contributed by atoms with van der Waals surface area (Å²) in [5.41, 5.74) is 3.17. The lowest BCUT2D eigenvalue weighted by Crippen LogP contribution is -2.50. The Hall–Kier alpha value is -4.47. The molecule has 1 saturated heterocycles. The van der Waals surface area contributed by atoms with Crippen LogP contribution in [0.2, 0.25) is 0 Å². The average Bonchev–Trinajstić information content (AvgIpc) is 2.90. The molecule has 0 atom stereocenters. The first-order valence-electron chi connectivity index (χ1n) is 11.6. The maximum absolute atomic E-state index is 12.6. The number of carbonyl (C=O) groups excluding carboxylic acids is 2. The van der Waals surface area contributed by atoms with Gasteiger partial charge in [0.15, 0.2) is 0 Å². The number of hydrogen-bond acceptors (Lipinski definition) is 6. The Labute approximate surface area is 210 Å². The average molecular weight is 491 g/mol. The van der Waals surface area contributed by atoms with Crippen molar-refractivity contribution in [3.05, 3.63) is 66.4 Å². The number of amides is 4. The van der Waals surface area contributed by atoms with E-state index in [0.29, 0.717) is 54.9 Å². The zero-order chi connectivity index (χ0) is 25.5. The standard InChI is InChI=1S/C26H30N6O4/c1-18-5-4-10-27-24(18)30-26(34)32-13-11-31(12-14-32)21-8-6-19(7-9-21)28-25(33)29-20-15-22(35-2)17-23(16-20)36-3/h4-10,15-17H,11-14H2,1-3H3,(H,27,30,34)(H2,28,29,33). The molecular formula is C26H30N6O4. The van der Waals surface area contributed by atoms with E-state index in [1.165, 1.54) is 0 Å². The molecule has 0 unspecified atom stereocenters. The molecule has 0 bridgehead atoms. The maximum atomic E-state index is 12.6. The monoisotopic (exact) mass is 490 g/mol. The highest BCUT2D eigenvalue weighted by atomic mass is 16.5. The molecule has 1 aliphatic rings. The number of ether oxygens (including phenoxy) is 2. The molecule has 36 heavy (non-hydrogen) atoms. The molecule has 0 radical (unpaired) electrons. The fraction of sp³-hybridized carbons (Fsp3) is 0.269. The van der Waals surface area contributed by atoms with Crippen LogP contribution in [-0.2, 0) is 0 Å². The van der Waals surface area contributed by atoms with Crippen LogP contribution in [0.25, 0.3) is 0 Å². The van der Waals surface area contributed by atoms with E-state index < -0.39 is 0 Å². The van der Waals surface area contributed by atoms with Crippen molar-refractivity contribution in [2.75, 3.05) is 61.2 Å². The normalized spacial score (nSPS) is 13.1. The summed E-state index contributed by atoms with van der Waals surface area (Å²) in [6.45, 7) is 4.53. The molecular weight excluding hydrogens is 460 g/mol. The van der Waals surface area contributed by atoms with Gasteiger partial charge in [-0.15, -0.1) is 0 Å². The van der Waals surface area contributed by atoms with Crippen LogP contribution in [0.3, 0.4) is 0 Å². The Balaban J connectivity index is 1.28. The number of methoxy groups -OCH3 is 2. The second-order valence-electron chi connectivity index (χ2n) is 8.30. The molecule has 0 spiro atoms. The summed E-state index contributed by atoms with van der Waals surface area (Å²) in [5.74, 6) is 1.75. The summed E-state index contributed by atoms with van der Waals surface area (Å²) in [4.78, 5) is 33.3. The number of aryl methyl sites for hydroxylation is 1. The Morgan fingerprint density at radius 3 is 2.08 bits per heavy atom. The van der Waals surface area contributed by atoms with E-state index in [9.17, 15) is 9.59 Å². The number of nitrogens with one attached hydrogen (secondary N) is 3. The fourth-order valence-corrected chi connectivity index (χ4v) is 3.89. The third kappa shape index (κ3) is 6.15. The molecule has 3 N–H and O–H groups in total. The van der Waals surface area contributed by atoms with E-state index in [1.54, 1.807) is 43.5 Å². The Morgan fingerprint density at radius 2 is 1.47 bits per heavy atom. The number of rotatable bonds is 6. The van der Waals surface area contributed by atoms with Crippen LogP contribution in [0.15, 0.2) is 60.8 Å². The smallest absolute Gasteiger partial charge is 0.323 e. The van der Waals surface area contributed by atoms with E-state index in [1.807, 2.05) is 43.3 Å². The van der Waals surface area contributed by atoms with E-state index >= 15 is 0 Å². The minimum atomic E-state index is -0.374. The first-order chi connectivity index (χ1) is 17.4. The number of pyridine rings is 1. The van der Waals surface area contributed by atoms with Gasteiger partial charge in [-0.25, -0.2) is 14.6 Å². The third-order valence-electron chi connectivity index (χ3n) is 5.90. The lowest BCUT2D eigenvalue weighted by atomic mass is 10.2. The molecule has 1 fully saturated rings. The topological polar surface area (TPSA) is 108 Å². The van der Waals surface area contributed by atoms with Gasteiger partial charge < -0.3 is 29.9 Å². The second-order valence-corrected chi connectivity index (χ2v) is 8.30. The van der Waals surface area contributed by atoms with Crippen LogP contribution in [0, 0.1) is 6.92 Å². The molecule has 4 rings (SSSR count). The van der Waals surface area contributed by atoms with Crippen molar-refractivity contribution in [2.24, 2.45) is 0 Å². The fourth-order valence-electron chi connectivity index (χ4n) is 3.89. The highest BCUT2D eigenvalue weighted by Gasteiger charge is 2.22. The SMILES string of the molecule is COc1cc(NC(=O)Nc2ccc(N3CCN(C(=O)Nc4ncccc4C)CC3)cc2)cc(OC)c1. The quantitative estimate of drug-likeness (QED) is 0.473. The van der Waals surface area contributed by atoms with Crippen molar-refractivity contribution in [1.82, 2.24) is 9.88 Å². The molecule has 0 aliphatic carbocycles. The van der Waals surface area contributed by atoms with Crippen LogP contribution in [-0.4, -0.2) is 62.3 Å². The maximum Gasteiger partial charge on any atom is 0.323 e. The number of hydrogen-bond donors (Lipinski definition) is 3. The number of aromatic nitrogens is 1. The number of nitrogens with zero attached hydrogens (tertiary/aromatic N) is 3.